The minimum Gasteiger partial charge on any atom is -0.492 e. The molecule has 2 aliphatic rings. The molecule has 0 saturated carbocycles. The van der Waals surface area contributed by atoms with Crippen molar-refractivity contribution in [1.82, 2.24) is 5.32 Å². The molecule has 0 bridgehead atoms. The molecule has 1 unspecified atom stereocenters. The van der Waals surface area contributed by atoms with E-state index in [1.54, 1.807) is 7.11 Å². The van der Waals surface area contributed by atoms with Crippen molar-refractivity contribution in [3.05, 3.63) is 47.0 Å². The monoisotopic (exact) mass is 370 g/mol. The molecule has 2 atom stereocenters. The summed E-state index contributed by atoms with van der Waals surface area (Å²) < 4.78 is 16.8. The molecule has 0 aromatic heterocycles. The summed E-state index contributed by atoms with van der Waals surface area (Å²) in [7, 11) is 3.68. The van der Waals surface area contributed by atoms with Crippen molar-refractivity contribution in [1.29, 1.82) is 0 Å². The summed E-state index contributed by atoms with van der Waals surface area (Å²) in [6, 6.07) is 9.46. The summed E-state index contributed by atoms with van der Waals surface area (Å²) in [5.74, 6) is 1.95. The van der Waals surface area contributed by atoms with E-state index in [0.29, 0.717) is 17.2 Å². The highest BCUT2D eigenvalue weighted by Gasteiger charge is 2.37. The number of quaternary nitrogens is 1. The average Bonchev–Trinajstić information content (AvgIpc) is 3.10. The van der Waals surface area contributed by atoms with E-state index in [1.807, 2.05) is 37.3 Å². The number of hydrogen-bond acceptors (Lipinski definition) is 4. The fraction of sp³-hybridized carbons (Fsp3) is 0.350. The van der Waals surface area contributed by atoms with E-state index in [9.17, 15) is 4.79 Å². The van der Waals surface area contributed by atoms with Crippen LogP contribution in [0.1, 0.15) is 22.9 Å². The van der Waals surface area contributed by atoms with Gasteiger partial charge in [-0.05, 0) is 36.2 Å². The Morgan fingerprint density at radius 3 is 2.93 bits per heavy atom. The third-order valence-corrected chi connectivity index (χ3v) is 5.07. The molecule has 0 spiro atoms. The number of nitrogens with one attached hydrogen (secondary N) is 3. The number of benzene rings is 2. The van der Waals surface area contributed by atoms with Crippen LogP contribution in [0.4, 0.5) is 10.5 Å². The second kappa shape index (κ2) is 7.00. The maximum Gasteiger partial charge on any atom is 0.324 e. The molecule has 0 saturated heterocycles. The topological polar surface area (TPSA) is 73.3 Å². The number of fused-ring (bicyclic) bond motifs is 2. The van der Waals surface area contributed by atoms with E-state index in [-0.39, 0.29) is 19.0 Å². The molecule has 7 nitrogen and oxygen atoms in total. The van der Waals surface area contributed by atoms with Gasteiger partial charge in [0, 0.05) is 12.1 Å². The van der Waals surface area contributed by atoms with Crippen LogP contribution in [0, 0.1) is 6.92 Å². The first-order chi connectivity index (χ1) is 13.1. The molecule has 2 amide bonds. The van der Waals surface area contributed by atoms with E-state index in [4.69, 9.17) is 14.2 Å². The van der Waals surface area contributed by atoms with Gasteiger partial charge in [0.1, 0.15) is 0 Å². The molecule has 2 aromatic carbocycles. The number of amides is 2. The lowest BCUT2D eigenvalue weighted by atomic mass is 9.95. The molecule has 2 aliphatic heterocycles. The van der Waals surface area contributed by atoms with E-state index >= 15 is 0 Å². The third kappa shape index (κ3) is 3.26. The number of aryl methyl sites for hydroxylation is 1. The van der Waals surface area contributed by atoms with Gasteiger partial charge in [-0.25, -0.2) is 4.79 Å². The minimum absolute atomic E-state index is 0.184. The quantitative estimate of drug-likeness (QED) is 0.768. The molecule has 0 radical (unpaired) electrons. The summed E-state index contributed by atoms with van der Waals surface area (Å²) in [6.07, 6.45) is 0.634. The predicted octanol–water partition coefficient (Wildman–Crippen LogP) is 1.62. The van der Waals surface area contributed by atoms with Crippen LogP contribution in [-0.2, 0) is 6.42 Å². The maximum atomic E-state index is 12.6. The summed E-state index contributed by atoms with van der Waals surface area (Å²) in [6.45, 7) is 3.07. The van der Waals surface area contributed by atoms with E-state index in [1.165, 1.54) is 4.90 Å². The van der Waals surface area contributed by atoms with E-state index in [2.05, 4.69) is 17.7 Å². The standard InChI is InChI=1S/C20H23N3O4/c1-12-5-4-6-14(9-12)21-20(24)22-19-16-13(7-8-23(19)2)10-15-17(18(16)25-3)27-11-26-15/h4-6,9-10,19H,7-8,11H2,1-3H3,(H2,21,22,24)/p+1/t19-/m1/s1. The number of ether oxygens (including phenoxy) is 3. The van der Waals surface area contributed by atoms with Crippen LogP contribution in [0.25, 0.3) is 0 Å². The lowest BCUT2D eigenvalue weighted by molar-refractivity contribution is -0.917. The highest BCUT2D eigenvalue weighted by molar-refractivity contribution is 5.89. The van der Waals surface area contributed by atoms with Gasteiger partial charge in [-0.1, -0.05) is 12.1 Å². The molecular formula is C20H24N3O4+. The molecule has 7 heteroatoms. The van der Waals surface area contributed by atoms with Crippen LogP contribution in [0.2, 0.25) is 0 Å². The summed E-state index contributed by atoms with van der Waals surface area (Å²) >= 11 is 0. The largest absolute Gasteiger partial charge is 0.492 e. The predicted molar refractivity (Wildman–Crippen MR) is 101 cm³/mol. The molecule has 2 aromatic rings. The number of methoxy groups -OCH3 is 1. The summed E-state index contributed by atoms with van der Waals surface area (Å²) in [4.78, 5) is 13.8. The fourth-order valence-electron chi connectivity index (χ4n) is 3.74. The van der Waals surface area contributed by atoms with Gasteiger partial charge >= 0.3 is 6.03 Å². The molecule has 2 heterocycles. The number of anilines is 1. The number of urea groups is 1. The van der Waals surface area contributed by atoms with E-state index < -0.39 is 0 Å². The molecule has 0 fully saturated rings. The van der Waals surface area contributed by atoms with Crippen molar-refractivity contribution >= 4 is 11.7 Å². The number of likely N-dealkylation sites (N-methyl/N-ethyl adjacent to an activating group) is 1. The first kappa shape index (κ1) is 17.5. The number of rotatable bonds is 3. The van der Waals surface area contributed by atoms with Crippen LogP contribution >= 0.6 is 0 Å². The van der Waals surface area contributed by atoms with E-state index in [0.717, 1.165) is 35.3 Å². The van der Waals surface area contributed by atoms with Crippen LogP contribution < -0.4 is 29.7 Å². The normalized spacial score (nSPS) is 20.0. The first-order valence-corrected chi connectivity index (χ1v) is 9.02. The Labute approximate surface area is 158 Å². The zero-order valence-corrected chi connectivity index (χ0v) is 15.7. The van der Waals surface area contributed by atoms with Crippen molar-refractivity contribution in [3.8, 4) is 17.2 Å². The number of hydrogen-bond donors (Lipinski definition) is 3. The van der Waals surface area contributed by atoms with Crippen molar-refractivity contribution < 1.29 is 23.9 Å². The van der Waals surface area contributed by atoms with Crippen molar-refractivity contribution in [2.24, 2.45) is 0 Å². The highest BCUT2D eigenvalue weighted by atomic mass is 16.7. The van der Waals surface area contributed by atoms with Crippen LogP contribution in [0.3, 0.4) is 0 Å². The Hall–Kier alpha value is -2.93. The van der Waals surface area contributed by atoms with Crippen molar-refractivity contribution in [2.75, 3.05) is 32.8 Å². The van der Waals surface area contributed by atoms with Gasteiger partial charge in [-0.15, -0.1) is 0 Å². The highest BCUT2D eigenvalue weighted by Crippen LogP contribution is 2.46. The second-order valence-electron chi connectivity index (χ2n) is 6.96. The molecule has 142 valence electrons. The number of carbonyl (C=O) groups is 1. The van der Waals surface area contributed by atoms with Gasteiger partial charge < -0.3 is 24.4 Å². The lowest BCUT2D eigenvalue weighted by Crippen LogP contribution is -3.12. The second-order valence-corrected chi connectivity index (χ2v) is 6.96. The molecule has 0 aliphatic carbocycles. The van der Waals surface area contributed by atoms with Gasteiger partial charge in [-0.3, -0.25) is 5.32 Å². The van der Waals surface area contributed by atoms with Gasteiger partial charge in [0.15, 0.2) is 17.7 Å². The summed E-state index contributed by atoms with van der Waals surface area (Å²) in [5.41, 5.74) is 3.92. The van der Waals surface area contributed by atoms with Gasteiger partial charge in [0.2, 0.25) is 12.5 Å². The average molecular weight is 370 g/mol. The zero-order chi connectivity index (χ0) is 19.0. The van der Waals surface area contributed by atoms with Gasteiger partial charge in [-0.2, -0.15) is 0 Å². The Balaban J connectivity index is 1.63. The smallest absolute Gasteiger partial charge is 0.324 e. The van der Waals surface area contributed by atoms with Crippen LogP contribution in [-0.4, -0.2) is 33.5 Å². The molecule has 4 rings (SSSR count). The Morgan fingerprint density at radius 1 is 1.30 bits per heavy atom. The Bertz CT molecular complexity index is 884. The minimum atomic E-state index is -0.252. The molecule has 3 N–H and O–H groups in total. The van der Waals surface area contributed by atoms with Crippen molar-refractivity contribution in [2.45, 2.75) is 19.5 Å². The van der Waals surface area contributed by atoms with Gasteiger partial charge in [0.25, 0.3) is 0 Å². The van der Waals surface area contributed by atoms with Crippen LogP contribution in [0.15, 0.2) is 30.3 Å². The summed E-state index contributed by atoms with van der Waals surface area (Å²) in [5, 5.41) is 6.01. The first-order valence-electron chi connectivity index (χ1n) is 9.02. The number of carbonyl (C=O) groups excluding carboxylic acids is 1. The van der Waals surface area contributed by atoms with Crippen LogP contribution in [0.5, 0.6) is 17.2 Å². The fourth-order valence-corrected chi connectivity index (χ4v) is 3.74. The zero-order valence-electron chi connectivity index (χ0n) is 15.7. The Kier molecular flexibility index (Phi) is 4.53. The van der Waals surface area contributed by atoms with Gasteiger partial charge in [0.05, 0.1) is 26.3 Å². The SMILES string of the molecule is COc1c2c(cc3c1[C@H](NC(=O)Nc1cccc(C)c1)[NH+](C)CC3)OCO2. The lowest BCUT2D eigenvalue weighted by Gasteiger charge is -2.33. The molecule has 27 heavy (non-hydrogen) atoms. The Morgan fingerprint density at radius 2 is 2.15 bits per heavy atom. The third-order valence-electron chi connectivity index (χ3n) is 5.07. The molecular weight excluding hydrogens is 346 g/mol. The van der Waals surface area contributed by atoms with Crippen molar-refractivity contribution in [3.63, 3.8) is 0 Å². The maximum absolute atomic E-state index is 12.6.